The average Bonchev–Trinajstić information content (AvgIpc) is 3.54. The number of amides is 1. The van der Waals surface area contributed by atoms with E-state index in [0.717, 1.165) is 11.1 Å². The average molecular weight is 483 g/mol. The van der Waals surface area contributed by atoms with E-state index in [1.54, 1.807) is 48.1 Å². The highest BCUT2D eigenvalue weighted by atomic mass is 16.5. The molecular weight excluding hydrogens is 456 g/mol. The first-order valence-corrected chi connectivity index (χ1v) is 11.6. The second-order valence-electron chi connectivity index (χ2n) is 8.10. The van der Waals surface area contributed by atoms with Gasteiger partial charge in [-0.3, -0.25) is 4.79 Å². The summed E-state index contributed by atoms with van der Waals surface area (Å²) < 4.78 is 14.5. The number of carbonyl (C=O) groups is 1. The molecule has 9 heteroatoms. The number of fused-ring (bicyclic) bond motifs is 1. The molecule has 0 bridgehead atoms. The van der Waals surface area contributed by atoms with Crippen LogP contribution in [0, 0.1) is 0 Å². The molecule has 0 aliphatic heterocycles. The zero-order valence-electron chi connectivity index (χ0n) is 20.3. The molecule has 3 aromatic heterocycles. The van der Waals surface area contributed by atoms with E-state index >= 15 is 0 Å². The number of carbonyl (C=O) groups excluding carboxylic acids is 1. The van der Waals surface area contributed by atoms with Crippen molar-refractivity contribution in [3.63, 3.8) is 0 Å². The molecule has 0 aliphatic carbocycles. The normalized spacial score (nSPS) is 11.0. The first-order chi connectivity index (χ1) is 17.6. The lowest BCUT2D eigenvalue weighted by atomic mass is 10.1. The molecule has 0 spiro atoms. The Morgan fingerprint density at radius 1 is 0.972 bits per heavy atom. The minimum Gasteiger partial charge on any atom is -0.493 e. The van der Waals surface area contributed by atoms with Crippen molar-refractivity contribution in [1.82, 2.24) is 24.5 Å². The fraction of sp³-hybridized carbons (Fsp3) is 0.185. The number of aromatic nitrogens is 5. The molecule has 1 amide bonds. The molecule has 0 unspecified atom stereocenters. The maximum absolute atomic E-state index is 13.6. The third-order valence-corrected chi connectivity index (χ3v) is 5.99. The van der Waals surface area contributed by atoms with E-state index in [1.807, 2.05) is 55.5 Å². The quantitative estimate of drug-likeness (QED) is 0.346. The van der Waals surface area contributed by atoms with E-state index < -0.39 is 0 Å². The van der Waals surface area contributed by atoms with Crippen molar-refractivity contribution >= 4 is 22.8 Å². The van der Waals surface area contributed by atoms with Gasteiger partial charge in [0.25, 0.3) is 5.91 Å². The van der Waals surface area contributed by atoms with Gasteiger partial charge in [0.05, 0.1) is 49.8 Å². The number of para-hydroxylation sites is 1. The first-order valence-electron chi connectivity index (χ1n) is 11.6. The van der Waals surface area contributed by atoms with E-state index in [0.29, 0.717) is 52.7 Å². The number of nitrogens with one attached hydrogen (secondary N) is 1. The Balaban J connectivity index is 1.50. The van der Waals surface area contributed by atoms with E-state index in [-0.39, 0.29) is 5.91 Å². The topological polar surface area (TPSA) is 96.1 Å². The zero-order chi connectivity index (χ0) is 25.1. The second-order valence-corrected chi connectivity index (χ2v) is 8.10. The van der Waals surface area contributed by atoms with Crippen LogP contribution < -0.4 is 14.8 Å². The van der Waals surface area contributed by atoms with Crippen molar-refractivity contribution < 1.29 is 14.3 Å². The summed E-state index contributed by atoms with van der Waals surface area (Å²) in [6.07, 6.45) is 3.34. The van der Waals surface area contributed by atoms with Gasteiger partial charge in [-0.05, 0) is 19.1 Å². The molecule has 0 radical (unpaired) electrons. The van der Waals surface area contributed by atoms with Crippen LogP contribution in [0.2, 0.25) is 0 Å². The van der Waals surface area contributed by atoms with Crippen LogP contribution in [0.5, 0.6) is 11.5 Å². The minimum absolute atomic E-state index is 0.269. The van der Waals surface area contributed by atoms with E-state index in [9.17, 15) is 4.79 Å². The Morgan fingerprint density at radius 3 is 2.56 bits per heavy atom. The summed E-state index contributed by atoms with van der Waals surface area (Å²) in [4.78, 5) is 18.4. The van der Waals surface area contributed by atoms with E-state index in [2.05, 4.69) is 15.5 Å². The van der Waals surface area contributed by atoms with Crippen LogP contribution in [0.3, 0.4) is 0 Å². The zero-order valence-corrected chi connectivity index (χ0v) is 20.3. The van der Waals surface area contributed by atoms with Gasteiger partial charge in [0.1, 0.15) is 5.82 Å². The van der Waals surface area contributed by atoms with Crippen LogP contribution >= 0.6 is 0 Å². The van der Waals surface area contributed by atoms with Gasteiger partial charge in [0, 0.05) is 23.7 Å². The number of ether oxygens (including phenoxy) is 2. The first kappa shape index (κ1) is 23.1. The summed E-state index contributed by atoms with van der Waals surface area (Å²) in [6, 6.07) is 19.0. The van der Waals surface area contributed by atoms with Crippen molar-refractivity contribution in [1.29, 1.82) is 0 Å². The van der Waals surface area contributed by atoms with Gasteiger partial charge in [-0.15, -0.1) is 0 Å². The van der Waals surface area contributed by atoms with Crippen molar-refractivity contribution in [2.75, 3.05) is 19.5 Å². The maximum atomic E-state index is 13.6. The number of aryl methyl sites for hydroxylation is 1. The van der Waals surface area contributed by atoms with Crippen LogP contribution in [-0.4, -0.2) is 44.7 Å². The number of anilines is 1. The summed E-state index contributed by atoms with van der Waals surface area (Å²) in [6.45, 7) is 3.02. The van der Waals surface area contributed by atoms with Gasteiger partial charge in [0.2, 0.25) is 0 Å². The van der Waals surface area contributed by atoms with Crippen molar-refractivity contribution in [3.8, 4) is 22.8 Å². The number of benzene rings is 2. The Kier molecular flexibility index (Phi) is 6.36. The Hall–Kier alpha value is -4.66. The summed E-state index contributed by atoms with van der Waals surface area (Å²) in [7, 11) is 3.20. The highest BCUT2D eigenvalue weighted by Gasteiger charge is 2.19. The van der Waals surface area contributed by atoms with Gasteiger partial charge in [-0.1, -0.05) is 42.5 Å². The van der Waals surface area contributed by atoms with Gasteiger partial charge < -0.3 is 14.8 Å². The highest BCUT2D eigenvalue weighted by Crippen LogP contribution is 2.32. The lowest BCUT2D eigenvalue weighted by Gasteiger charge is -2.14. The Morgan fingerprint density at radius 2 is 1.81 bits per heavy atom. The molecule has 36 heavy (non-hydrogen) atoms. The molecule has 3 heterocycles. The molecule has 1 N–H and O–H groups in total. The number of hydrogen-bond donors (Lipinski definition) is 1. The lowest BCUT2D eigenvalue weighted by molar-refractivity contribution is 0.102. The van der Waals surface area contributed by atoms with Crippen LogP contribution in [0.15, 0.2) is 73.1 Å². The summed E-state index contributed by atoms with van der Waals surface area (Å²) >= 11 is 0. The van der Waals surface area contributed by atoms with Crippen molar-refractivity contribution in [3.05, 3.63) is 84.2 Å². The largest absolute Gasteiger partial charge is 0.493 e. The third kappa shape index (κ3) is 4.26. The van der Waals surface area contributed by atoms with E-state index in [1.165, 1.54) is 0 Å². The van der Waals surface area contributed by atoms with Crippen LogP contribution in [0.4, 0.5) is 5.82 Å². The predicted octanol–water partition coefficient (Wildman–Crippen LogP) is 4.63. The van der Waals surface area contributed by atoms with Crippen LogP contribution in [0.1, 0.15) is 22.8 Å². The molecule has 9 nitrogen and oxygen atoms in total. The standard InChI is InChI=1S/C27H26N6O3/c1-4-32-26-21(16-29-32)20(15-22(30-26)18-9-6-5-7-10-18)27(34)31-24-13-14-28-33(24)17-19-11-8-12-23(35-2)25(19)36-3/h5-16H,4,17H2,1-3H3,(H,31,34). The maximum Gasteiger partial charge on any atom is 0.257 e. The van der Waals surface area contributed by atoms with Crippen molar-refractivity contribution in [2.24, 2.45) is 0 Å². The van der Waals surface area contributed by atoms with Gasteiger partial charge in [-0.25, -0.2) is 14.3 Å². The van der Waals surface area contributed by atoms with Crippen LogP contribution in [-0.2, 0) is 13.1 Å². The summed E-state index contributed by atoms with van der Waals surface area (Å²) in [5, 5.41) is 12.5. The smallest absolute Gasteiger partial charge is 0.257 e. The summed E-state index contributed by atoms with van der Waals surface area (Å²) in [5.41, 5.74) is 3.66. The van der Waals surface area contributed by atoms with Gasteiger partial charge in [-0.2, -0.15) is 10.2 Å². The molecule has 182 valence electrons. The van der Waals surface area contributed by atoms with Crippen molar-refractivity contribution in [2.45, 2.75) is 20.0 Å². The van der Waals surface area contributed by atoms with E-state index in [4.69, 9.17) is 14.5 Å². The molecular formula is C27H26N6O3. The molecule has 0 aliphatic rings. The molecule has 0 saturated carbocycles. The number of nitrogens with zero attached hydrogens (tertiary/aromatic N) is 5. The molecule has 0 atom stereocenters. The molecule has 0 fully saturated rings. The number of hydrogen-bond acceptors (Lipinski definition) is 6. The monoisotopic (exact) mass is 482 g/mol. The molecule has 5 aromatic rings. The van der Waals surface area contributed by atoms with Gasteiger partial charge >= 0.3 is 0 Å². The summed E-state index contributed by atoms with van der Waals surface area (Å²) in [5.74, 6) is 1.55. The molecule has 5 rings (SSSR count). The fourth-order valence-corrected chi connectivity index (χ4v) is 4.21. The second kappa shape index (κ2) is 9.91. The number of methoxy groups -OCH3 is 2. The van der Waals surface area contributed by atoms with Crippen LogP contribution in [0.25, 0.3) is 22.3 Å². The Labute approximate surface area is 208 Å². The predicted molar refractivity (Wildman–Crippen MR) is 137 cm³/mol. The molecule has 2 aromatic carbocycles. The number of pyridine rings is 1. The fourth-order valence-electron chi connectivity index (χ4n) is 4.21. The molecule has 0 saturated heterocycles. The third-order valence-electron chi connectivity index (χ3n) is 5.99. The highest BCUT2D eigenvalue weighted by molar-refractivity contribution is 6.12. The van der Waals surface area contributed by atoms with Gasteiger partial charge in [0.15, 0.2) is 17.1 Å². The number of rotatable bonds is 8. The minimum atomic E-state index is -0.269. The Bertz CT molecular complexity index is 1520. The SMILES string of the molecule is CCn1ncc2c(C(=O)Nc3ccnn3Cc3cccc(OC)c3OC)cc(-c3ccccc3)nc21. The lowest BCUT2D eigenvalue weighted by Crippen LogP contribution is -2.17.